The third kappa shape index (κ3) is 4.37. The van der Waals surface area contributed by atoms with E-state index in [0.29, 0.717) is 0 Å². The van der Waals surface area contributed by atoms with Gasteiger partial charge >= 0.3 is 0 Å². The van der Waals surface area contributed by atoms with Crippen LogP contribution in [0.4, 0.5) is 5.69 Å². The van der Waals surface area contributed by atoms with E-state index in [4.69, 9.17) is 4.74 Å². The Morgan fingerprint density at radius 3 is 1.96 bits per heavy atom. The van der Waals surface area contributed by atoms with Crippen LogP contribution < -0.4 is 9.64 Å². The molecular weight excluding hydrogens is 574 g/mol. The highest BCUT2D eigenvalue weighted by Gasteiger charge is 2.62. The number of rotatable bonds is 5. The summed E-state index contributed by atoms with van der Waals surface area (Å²) >= 11 is 0. The van der Waals surface area contributed by atoms with Crippen molar-refractivity contribution in [3.8, 4) is 5.75 Å². The fourth-order valence-corrected chi connectivity index (χ4v) is 8.23. The molecule has 0 unspecified atom stereocenters. The van der Waals surface area contributed by atoms with Gasteiger partial charge in [-0.25, -0.2) is 0 Å². The molecule has 6 aromatic rings. The molecule has 0 N–H and O–H groups in total. The van der Waals surface area contributed by atoms with Gasteiger partial charge in [0.25, 0.3) is 0 Å². The summed E-state index contributed by atoms with van der Waals surface area (Å²) in [6, 6.07) is 46.4. The van der Waals surface area contributed by atoms with E-state index in [9.17, 15) is 0 Å². The standard InChI is InChI=1S/C44H37NO2/c1-43(2)39-15-9-10-16-40(39)45(3)44(43)28-36(34-19-17-29-11-5-7-13-32(29)25-34)27-38(31-21-23-37(47-4)24-22-31)41(44)42(46)35-20-18-30-12-6-8-14-33(30)26-35/h5-28,41H,1-4H3/t41-,44+/m1/s1. The van der Waals surface area contributed by atoms with Crippen molar-refractivity contribution >= 4 is 44.2 Å². The van der Waals surface area contributed by atoms with E-state index in [1.807, 2.05) is 30.3 Å². The van der Waals surface area contributed by atoms with Crippen LogP contribution in [0.25, 0.3) is 32.7 Å². The largest absolute Gasteiger partial charge is 0.497 e. The summed E-state index contributed by atoms with van der Waals surface area (Å²) in [5, 5.41) is 4.58. The number of likely N-dealkylation sites (N-methyl/N-ethyl adjacent to an activating group) is 1. The van der Waals surface area contributed by atoms with Crippen molar-refractivity contribution in [2.75, 3.05) is 19.1 Å². The predicted molar refractivity (Wildman–Crippen MR) is 195 cm³/mol. The zero-order valence-electron chi connectivity index (χ0n) is 27.2. The van der Waals surface area contributed by atoms with Crippen molar-refractivity contribution in [1.82, 2.24) is 0 Å². The molecule has 1 aliphatic carbocycles. The van der Waals surface area contributed by atoms with E-state index >= 15 is 4.79 Å². The molecule has 8 rings (SSSR count). The molecule has 3 heteroatoms. The van der Waals surface area contributed by atoms with E-state index in [1.54, 1.807) is 7.11 Å². The highest BCUT2D eigenvalue weighted by atomic mass is 16.5. The lowest BCUT2D eigenvalue weighted by molar-refractivity contribution is 0.0885. The van der Waals surface area contributed by atoms with E-state index < -0.39 is 16.9 Å². The normalized spacial score (nSPS) is 19.8. The third-order valence-corrected chi connectivity index (χ3v) is 10.7. The van der Waals surface area contributed by atoms with Gasteiger partial charge in [-0.3, -0.25) is 4.79 Å². The number of methoxy groups -OCH3 is 1. The Morgan fingerprint density at radius 2 is 1.28 bits per heavy atom. The maximum atomic E-state index is 15.4. The zero-order chi connectivity index (χ0) is 32.3. The van der Waals surface area contributed by atoms with Crippen molar-refractivity contribution in [2.45, 2.75) is 24.8 Å². The summed E-state index contributed by atoms with van der Waals surface area (Å²) in [4.78, 5) is 17.8. The zero-order valence-corrected chi connectivity index (χ0v) is 27.2. The van der Waals surface area contributed by atoms with Gasteiger partial charge in [0.05, 0.1) is 18.6 Å². The Balaban J connectivity index is 1.42. The molecule has 6 aromatic carbocycles. The number of Topliss-reactive ketones (excluding diaryl/α,β-unsaturated/α-hetero) is 1. The number of ketones is 1. The fraction of sp³-hybridized carbons (Fsp3) is 0.159. The predicted octanol–water partition coefficient (Wildman–Crippen LogP) is 10.1. The lowest BCUT2D eigenvalue weighted by atomic mass is 9.57. The number of para-hydroxylation sites is 1. The monoisotopic (exact) mass is 611 g/mol. The number of carbonyl (C=O) groups excluding carboxylic acids is 1. The van der Waals surface area contributed by atoms with E-state index in [0.717, 1.165) is 50.0 Å². The maximum absolute atomic E-state index is 15.4. The Kier molecular flexibility index (Phi) is 6.70. The second kappa shape index (κ2) is 10.8. The van der Waals surface area contributed by atoms with Gasteiger partial charge in [-0.1, -0.05) is 117 Å². The van der Waals surface area contributed by atoms with Crippen LogP contribution in [0.5, 0.6) is 5.75 Å². The van der Waals surface area contributed by atoms with E-state index in [2.05, 4.69) is 141 Å². The molecule has 1 spiro atoms. The number of carbonyl (C=O) groups is 1. The maximum Gasteiger partial charge on any atom is 0.173 e. The summed E-state index contributed by atoms with van der Waals surface area (Å²) < 4.78 is 5.55. The van der Waals surface area contributed by atoms with Crippen LogP contribution in [-0.4, -0.2) is 25.5 Å². The quantitative estimate of drug-likeness (QED) is 0.182. The van der Waals surface area contributed by atoms with Crippen LogP contribution in [0.2, 0.25) is 0 Å². The van der Waals surface area contributed by atoms with Crippen molar-refractivity contribution in [3.63, 3.8) is 0 Å². The van der Waals surface area contributed by atoms with Crippen LogP contribution in [-0.2, 0) is 5.41 Å². The third-order valence-electron chi connectivity index (χ3n) is 10.7. The van der Waals surface area contributed by atoms with E-state index in [1.165, 1.54) is 16.3 Å². The molecule has 0 bridgehead atoms. The molecule has 0 amide bonds. The number of allylic oxidation sites excluding steroid dienone is 2. The second-order valence-corrected chi connectivity index (χ2v) is 13.4. The van der Waals surface area contributed by atoms with Gasteiger partial charge in [0.1, 0.15) is 5.75 Å². The first kappa shape index (κ1) is 29.0. The minimum Gasteiger partial charge on any atom is -0.497 e. The summed E-state index contributed by atoms with van der Waals surface area (Å²) in [6.07, 6.45) is 4.65. The minimum atomic E-state index is -0.718. The van der Waals surface area contributed by atoms with Crippen LogP contribution >= 0.6 is 0 Å². The van der Waals surface area contributed by atoms with E-state index in [-0.39, 0.29) is 5.78 Å². The molecule has 0 aromatic heterocycles. The van der Waals surface area contributed by atoms with Crippen LogP contribution in [0, 0.1) is 5.92 Å². The van der Waals surface area contributed by atoms with Gasteiger partial charge in [-0.15, -0.1) is 0 Å². The van der Waals surface area contributed by atoms with Crippen molar-refractivity contribution in [3.05, 3.63) is 168 Å². The number of benzene rings is 6. The summed E-state index contributed by atoms with van der Waals surface area (Å²) in [5.74, 6) is 0.390. The first-order chi connectivity index (χ1) is 22.8. The molecule has 1 aliphatic heterocycles. The Hall–Kier alpha value is -5.41. The van der Waals surface area contributed by atoms with Crippen molar-refractivity contribution < 1.29 is 9.53 Å². The summed E-state index contributed by atoms with van der Waals surface area (Å²) in [7, 11) is 3.85. The molecule has 0 radical (unpaired) electrons. The molecule has 47 heavy (non-hydrogen) atoms. The van der Waals surface area contributed by atoms with Crippen LogP contribution in [0.15, 0.2) is 146 Å². The molecule has 1 heterocycles. The van der Waals surface area contributed by atoms with Gasteiger partial charge in [0, 0.05) is 23.7 Å². The highest BCUT2D eigenvalue weighted by molar-refractivity contribution is 6.11. The molecular formula is C44H37NO2. The molecule has 2 aliphatic rings. The Labute approximate surface area is 276 Å². The second-order valence-electron chi connectivity index (χ2n) is 13.4. The first-order valence-electron chi connectivity index (χ1n) is 16.3. The van der Waals surface area contributed by atoms with Crippen molar-refractivity contribution in [2.24, 2.45) is 5.92 Å². The summed E-state index contributed by atoms with van der Waals surface area (Å²) in [5.41, 5.74) is 6.22. The average molecular weight is 612 g/mol. The topological polar surface area (TPSA) is 29.5 Å². The van der Waals surface area contributed by atoms with Gasteiger partial charge in [0.2, 0.25) is 0 Å². The van der Waals surface area contributed by atoms with Gasteiger partial charge < -0.3 is 9.64 Å². The molecule has 0 saturated heterocycles. The van der Waals surface area contributed by atoms with Crippen LogP contribution in [0.1, 0.15) is 40.9 Å². The van der Waals surface area contributed by atoms with Crippen LogP contribution in [0.3, 0.4) is 0 Å². The molecule has 230 valence electrons. The van der Waals surface area contributed by atoms with Crippen molar-refractivity contribution in [1.29, 1.82) is 0 Å². The number of hydrogen-bond donors (Lipinski definition) is 0. The molecule has 2 atom stereocenters. The SMILES string of the molecule is COc1ccc(C2=CC(c3ccc4ccccc4c3)=C[C@@]3([C@H]2C(=O)c2ccc4ccccc4c2)N(C)c2ccccc2C3(C)C)cc1. The number of anilines is 1. The molecule has 3 nitrogen and oxygen atoms in total. The number of fused-ring (bicyclic) bond motifs is 3. The smallest absolute Gasteiger partial charge is 0.173 e. The molecule has 0 saturated carbocycles. The van der Waals surface area contributed by atoms with Gasteiger partial charge in [-0.05, 0) is 91.9 Å². The fourth-order valence-electron chi connectivity index (χ4n) is 8.23. The number of hydrogen-bond acceptors (Lipinski definition) is 3. The number of ether oxygens (including phenoxy) is 1. The highest BCUT2D eigenvalue weighted by Crippen LogP contribution is 2.60. The first-order valence-corrected chi connectivity index (χ1v) is 16.3. The minimum absolute atomic E-state index is 0.111. The van der Waals surface area contributed by atoms with Gasteiger partial charge in [-0.2, -0.15) is 0 Å². The summed E-state index contributed by atoms with van der Waals surface area (Å²) in [6.45, 7) is 4.61. The average Bonchev–Trinajstić information content (AvgIpc) is 3.28. The Morgan fingerprint density at radius 1 is 0.681 bits per heavy atom. The lowest BCUT2D eigenvalue weighted by Crippen LogP contribution is -2.61. The molecule has 0 fully saturated rings. The Bertz CT molecular complexity index is 2260. The number of nitrogens with zero attached hydrogens (tertiary/aromatic N) is 1. The lowest BCUT2D eigenvalue weighted by Gasteiger charge is -2.52. The van der Waals surface area contributed by atoms with Gasteiger partial charge in [0.15, 0.2) is 5.78 Å².